The van der Waals surface area contributed by atoms with Crippen LogP contribution in [0.2, 0.25) is 0 Å². The van der Waals surface area contributed by atoms with E-state index in [2.05, 4.69) is 16.5 Å². The number of nitrogens with one attached hydrogen (secondary N) is 1. The average Bonchev–Trinajstić information content (AvgIpc) is 2.96. The Hall–Kier alpha value is -3.34. The maximum Gasteiger partial charge on any atom is 0.344 e. The van der Waals surface area contributed by atoms with Gasteiger partial charge >= 0.3 is 5.97 Å². The minimum Gasteiger partial charge on any atom is -0.482 e. The fourth-order valence-electron chi connectivity index (χ4n) is 2.94. The van der Waals surface area contributed by atoms with Gasteiger partial charge in [-0.05, 0) is 44.9 Å². The number of aryl methyl sites for hydroxylation is 2. The van der Waals surface area contributed by atoms with Crippen molar-refractivity contribution in [1.82, 2.24) is 9.78 Å². The highest BCUT2D eigenvalue weighted by molar-refractivity contribution is 5.91. The third-order valence-electron chi connectivity index (χ3n) is 4.35. The van der Waals surface area contributed by atoms with Crippen molar-refractivity contribution in [3.63, 3.8) is 0 Å². The number of hydrogen-bond acceptors (Lipinski definition) is 6. The summed E-state index contributed by atoms with van der Waals surface area (Å²) < 4.78 is 12.0. The molecule has 0 fully saturated rings. The predicted molar refractivity (Wildman–Crippen MR) is 107 cm³/mol. The molecule has 2 aromatic rings. The number of hydrogen-bond donors (Lipinski definition) is 1. The Kier molecular flexibility index (Phi) is 8.22. The number of ether oxygens (including phenoxy) is 2. The molecule has 8 heteroatoms. The summed E-state index contributed by atoms with van der Waals surface area (Å²) in [6.45, 7) is 6.26. The van der Waals surface area contributed by atoms with Gasteiger partial charge in [0.2, 0.25) is 5.91 Å². The summed E-state index contributed by atoms with van der Waals surface area (Å²) in [6, 6.07) is 8.98. The van der Waals surface area contributed by atoms with Crippen LogP contribution in [0.5, 0.6) is 5.75 Å². The van der Waals surface area contributed by atoms with Gasteiger partial charge in [0.25, 0.3) is 0 Å². The van der Waals surface area contributed by atoms with Gasteiger partial charge in [-0.25, -0.2) is 4.79 Å². The monoisotopic (exact) mass is 398 g/mol. The van der Waals surface area contributed by atoms with Gasteiger partial charge in [0, 0.05) is 23.9 Å². The molecule has 154 valence electrons. The number of carbonyl (C=O) groups is 2. The number of esters is 1. The Morgan fingerprint density at radius 1 is 1.31 bits per heavy atom. The zero-order chi connectivity index (χ0) is 21.2. The van der Waals surface area contributed by atoms with Gasteiger partial charge in [0.15, 0.2) is 6.61 Å². The molecule has 0 radical (unpaired) electrons. The van der Waals surface area contributed by atoms with E-state index in [1.54, 1.807) is 31.2 Å². The number of benzene rings is 1. The van der Waals surface area contributed by atoms with Crippen molar-refractivity contribution < 1.29 is 19.1 Å². The summed E-state index contributed by atoms with van der Waals surface area (Å²) in [7, 11) is 0. The smallest absolute Gasteiger partial charge is 0.344 e. The normalized spacial score (nSPS) is 10.3. The van der Waals surface area contributed by atoms with Gasteiger partial charge in [-0.15, -0.1) is 0 Å². The van der Waals surface area contributed by atoms with Crippen LogP contribution in [-0.4, -0.2) is 34.9 Å². The van der Waals surface area contributed by atoms with Crippen LogP contribution in [0.3, 0.4) is 0 Å². The maximum atomic E-state index is 12.4. The maximum absolute atomic E-state index is 12.4. The van der Waals surface area contributed by atoms with E-state index < -0.39 is 5.97 Å². The second kappa shape index (κ2) is 10.9. The van der Waals surface area contributed by atoms with Gasteiger partial charge in [-0.3, -0.25) is 9.48 Å². The fourth-order valence-corrected chi connectivity index (χ4v) is 2.94. The molecule has 0 saturated carbocycles. The highest BCUT2D eigenvalue weighted by Gasteiger charge is 2.13. The van der Waals surface area contributed by atoms with Crippen LogP contribution in [0.1, 0.15) is 36.7 Å². The van der Waals surface area contributed by atoms with Crippen molar-refractivity contribution in [3.8, 4) is 11.8 Å². The molecule has 1 N–H and O–H groups in total. The molecule has 0 aliphatic rings. The standard InChI is InChI=1S/C21H26N4O4/c1-4-28-21(27)14-29-18-8-5-7-17(13-18)23-20(26)10-9-19-15(2)24-25(16(19)3)12-6-11-22/h5,7-8,13H,4,6,9-10,12,14H2,1-3H3,(H,23,26). The molecule has 29 heavy (non-hydrogen) atoms. The molecular weight excluding hydrogens is 372 g/mol. The molecule has 2 rings (SSSR count). The minimum atomic E-state index is -0.442. The summed E-state index contributed by atoms with van der Waals surface area (Å²) in [5.41, 5.74) is 3.49. The lowest BCUT2D eigenvalue weighted by atomic mass is 10.1. The highest BCUT2D eigenvalue weighted by atomic mass is 16.6. The van der Waals surface area contributed by atoms with E-state index in [1.165, 1.54) is 0 Å². The predicted octanol–water partition coefficient (Wildman–Crippen LogP) is 2.93. The topological polar surface area (TPSA) is 106 Å². The van der Waals surface area contributed by atoms with Crippen molar-refractivity contribution >= 4 is 17.6 Å². The molecule has 1 aromatic heterocycles. The van der Waals surface area contributed by atoms with Gasteiger partial charge in [-0.1, -0.05) is 6.07 Å². The number of amides is 1. The lowest BCUT2D eigenvalue weighted by molar-refractivity contribution is -0.145. The lowest BCUT2D eigenvalue weighted by Gasteiger charge is -2.09. The van der Waals surface area contributed by atoms with Crippen molar-refractivity contribution in [3.05, 3.63) is 41.2 Å². The number of anilines is 1. The molecule has 0 bridgehead atoms. The van der Waals surface area contributed by atoms with Crippen LogP contribution in [0.4, 0.5) is 5.69 Å². The van der Waals surface area contributed by atoms with E-state index in [-0.39, 0.29) is 12.5 Å². The van der Waals surface area contributed by atoms with E-state index in [1.807, 2.05) is 18.5 Å². The van der Waals surface area contributed by atoms with Gasteiger partial charge in [0.1, 0.15) is 5.75 Å². The van der Waals surface area contributed by atoms with Crippen molar-refractivity contribution in [1.29, 1.82) is 5.26 Å². The molecule has 0 atom stereocenters. The molecule has 0 aliphatic heterocycles. The number of carbonyl (C=O) groups excluding carboxylic acids is 2. The molecule has 0 aliphatic carbocycles. The fraction of sp³-hybridized carbons (Fsp3) is 0.429. The number of aromatic nitrogens is 2. The average molecular weight is 398 g/mol. The Morgan fingerprint density at radius 3 is 2.83 bits per heavy atom. The molecule has 1 aromatic carbocycles. The third-order valence-corrected chi connectivity index (χ3v) is 4.35. The number of rotatable bonds is 10. The van der Waals surface area contributed by atoms with Gasteiger partial charge in [-0.2, -0.15) is 10.4 Å². The molecule has 0 unspecified atom stereocenters. The summed E-state index contributed by atoms with van der Waals surface area (Å²) in [5, 5.41) is 16.0. The molecule has 1 amide bonds. The van der Waals surface area contributed by atoms with Crippen LogP contribution in [0.15, 0.2) is 24.3 Å². The van der Waals surface area contributed by atoms with E-state index >= 15 is 0 Å². The van der Waals surface area contributed by atoms with Crippen LogP contribution >= 0.6 is 0 Å². The minimum absolute atomic E-state index is 0.129. The Balaban J connectivity index is 1.90. The van der Waals surface area contributed by atoms with Crippen molar-refractivity contribution in [2.24, 2.45) is 0 Å². The molecular formula is C21H26N4O4. The molecule has 0 spiro atoms. The zero-order valence-corrected chi connectivity index (χ0v) is 17.0. The van der Waals surface area contributed by atoms with Gasteiger partial charge < -0.3 is 14.8 Å². The van der Waals surface area contributed by atoms with Crippen LogP contribution in [-0.2, 0) is 27.3 Å². The summed E-state index contributed by atoms with van der Waals surface area (Å²) in [5.74, 6) is -0.0968. The first-order valence-electron chi connectivity index (χ1n) is 9.52. The van der Waals surface area contributed by atoms with E-state index in [4.69, 9.17) is 14.7 Å². The Bertz CT molecular complexity index is 899. The van der Waals surface area contributed by atoms with Crippen LogP contribution < -0.4 is 10.1 Å². The molecule has 0 saturated heterocycles. The number of nitrogens with zero attached hydrogens (tertiary/aromatic N) is 3. The number of nitriles is 1. The summed E-state index contributed by atoms with van der Waals surface area (Å²) in [4.78, 5) is 23.7. The molecule has 1 heterocycles. The summed E-state index contributed by atoms with van der Waals surface area (Å²) >= 11 is 0. The zero-order valence-electron chi connectivity index (χ0n) is 17.0. The van der Waals surface area contributed by atoms with E-state index in [0.29, 0.717) is 43.9 Å². The van der Waals surface area contributed by atoms with E-state index in [0.717, 1.165) is 17.0 Å². The quantitative estimate of drug-likeness (QED) is 0.617. The first-order chi connectivity index (χ1) is 13.9. The third kappa shape index (κ3) is 6.64. The second-order valence-electron chi connectivity index (χ2n) is 6.45. The lowest BCUT2D eigenvalue weighted by Crippen LogP contribution is -2.15. The van der Waals surface area contributed by atoms with Crippen LogP contribution in [0.25, 0.3) is 0 Å². The summed E-state index contributed by atoms with van der Waals surface area (Å²) in [6.07, 6.45) is 1.27. The van der Waals surface area contributed by atoms with E-state index in [9.17, 15) is 9.59 Å². The molecule has 8 nitrogen and oxygen atoms in total. The first-order valence-corrected chi connectivity index (χ1v) is 9.52. The highest BCUT2D eigenvalue weighted by Crippen LogP contribution is 2.19. The van der Waals surface area contributed by atoms with Crippen molar-refractivity contribution in [2.45, 2.75) is 46.6 Å². The largest absolute Gasteiger partial charge is 0.482 e. The Morgan fingerprint density at radius 2 is 2.10 bits per heavy atom. The second-order valence-corrected chi connectivity index (χ2v) is 6.45. The SMILES string of the molecule is CCOC(=O)COc1cccc(NC(=O)CCc2c(C)nn(CCC#N)c2C)c1. The van der Waals surface area contributed by atoms with Crippen molar-refractivity contribution in [2.75, 3.05) is 18.5 Å². The van der Waals surface area contributed by atoms with Crippen LogP contribution in [0, 0.1) is 25.2 Å². The Labute approximate surface area is 170 Å². The first kappa shape index (κ1) is 22.0. The van der Waals surface area contributed by atoms with Gasteiger partial charge in [0.05, 0.1) is 31.3 Å².